The molecule has 1 fully saturated rings. The summed E-state index contributed by atoms with van der Waals surface area (Å²) in [6.45, 7) is 3.61. The number of amides is 2. The van der Waals surface area contributed by atoms with E-state index >= 15 is 0 Å². The summed E-state index contributed by atoms with van der Waals surface area (Å²) in [5, 5.41) is 12.8. The Kier molecular flexibility index (Phi) is 4.58. The van der Waals surface area contributed by atoms with Crippen molar-refractivity contribution in [3.63, 3.8) is 0 Å². The number of hydrogen-bond donors (Lipinski definition) is 2. The molecule has 3 rings (SSSR count). The Morgan fingerprint density at radius 1 is 1.38 bits per heavy atom. The van der Waals surface area contributed by atoms with E-state index in [9.17, 15) is 19.1 Å². The maximum atomic E-state index is 14.0. The monoisotopic (exact) mass is 334 g/mol. The van der Waals surface area contributed by atoms with Crippen molar-refractivity contribution in [1.29, 1.82) is 0 Å². The number of carbonyl (C=O) groups excluding carboxylic acids is 2. The van der Waals surface area contributed by atoms with Crippen LogP contribution in [0.3, 0.4) is 0 Å². The van der Waals surface area contributed by atoms with Gasteiger partial charge in [0, 0.05) is 19.9 Å². The number of nitrogens with one attached hydrogen (secondary N) is 1. The van der Waals surface area contributed by atoms with Crippen LogP contribution in [0.5, 0.6) is 0 Å². The number of benzene rings is 1. The highest BCUT2D eigenvalue weighted by atomic mass is 19.1. The third-order valence-electron chi connectivity index (χ3n) is 5.19. The minimum Gasteiger partial charge on any atom is -0.391 e. The van der Waals surface area contributed by atoms with Crippen molar-refractivity contribution < 1.29 is 19.1 Å². The first-order valence-corrected chi connectivity index (χ1v) is 8.41. The number of likely N-dealkylation sites (tertiary alicyclic amines) is 1. The summed E-state index contributed by atoms with van der Waals surface area (Å²) in [6.07, 6.45) is 1.01. The standard InChI is InChI=1S/C18H23FN2O3/c1-10-6-7-13-14(4-3-5-15(13)19)17(10)20-18(24)16-8-12(23)9-21(16)11(2)22/h3-5,10,12,16-17,23H,6-9H2,1-2H3,(H,20,24)/t10-,12-,16+,17+/m0/s1. The number of aliphatic hydroxyl groups excluding tert-OH is 1. The van der Waals surface area contributed by atoms with Crippen molar-refractivity contribution in [2.24, 2.45) is 5.92 Å². The Morgan fingerprint density at radius 2 is 2.12 bits per heavy atom. The molecular formula is C18H23FN2O3. The minimum absolute atomic E-state index is 0.179. The molecule has 0 aromatic heterocycles. The molecule has 1 aromatic rings. The molecule has 1 aliphatic heterocycles. The molecular weight excluding hydrogens is 311 g/mol. The summed E-state index contributed by atoms with van der Waals surface area (Å²) in [7, 11) is 0. The van der Waals surface area contributed by atoms with Crippen molar-refractivity contribution in [3.05, 3.63) is 35.1 Å². The van der Waals surface area contributed by atoms with E-state index in [2.05, 4.69) is 5.32 Å². The molecule has 24 heavy (non-hydrogen) atoms. The second-order valence-corrected chi connectivity index (χ2v) is 6.89. The van der Waals surface area contributed by atoms with Gasteiger partial charge in [0.15, 0.2) is 0 Å². The van der Waals surface area contributed by atoms with Gasteiger partial charge in [0.1, 0.15) is 11.9 Å². The molecule has 1 saturated heterocycles. The number of carbonyl (C=O) groups is 2. The molecule has 1 aromatic carbocycles. The number of hydrogen-bond acceptors (Lipinski definition) is 3. The first-order chi connectivity index (χ1) is 11.4. The molecule has 4 atom stereocenters. The van der Waals surface area contributed by atoms with Gasteiger partial charge in [0.2, 0.25) is 11.8 Å². The van der Waals surface area contributed by atoms with E-state index in [0.29, 0.717) is 12.0 Å². The Hall–Kier alpha value is -1.95. The average molecular weight is 334 g/mol. The number of nitrogens with zero attached hydrogens (tertiary/aromatic N) is 1. The third-order valence-corrected chi connectivity index (χ3v) is 5.19. The normalized spacial score (nSPS) is 29.2. The van der Waals surface area contributed by atoms with Crippen molar-refractivity contribution in [2.45, 2.75) is 51.3 Å². The third kappa shape index (κ3) is 3.02. The molecule has 0 saturated carbocycles. The van der Waals surface area contributed by atoms with E-state index in [1.54, 1.807) is 6.07 Å². The average Bonchev–Trinajstić information content (AvgIpc) is 2.92. The molecule has 0 spiro atoms. The molecule has 2 aliphatic rings. The van der Waals surface area contributed by atoms with Crippen LogP contribution in [0.25, 0.3) is 0 Å². The van der Waals surface area contributed by atoms with Crippen LogP contribution in [0.4, 0.5) is 4.39 Å². The number of β-amino-alcohol motifs (C(OH)–C–C–N with tert-alkyl or cyclic N) is 1. The Bertz CT molecular complexity index is 664. The van der Waals surface area contributed by atoms with Crippen LogP contribution in [0.1, 0.15) is 43.9 Å². The van der Waals surface area contributed by atoms with Gasteiger partial charge in [0.25, 0.3) is 0 Å². The Balaban J connectivity index is 1.82. The second-order valence-electron chi connectivity index (χ2n) is 6.89. The first-order valence-electron chi connectivity index (χ1n) is 8.41. The number of fused-ring (bicyclic) bond motifs is 1. The largest absolute Gasteiger partial charge is 0.391 e. The number of aliphatic hydroxyl groups is 1. The highest BCUT2D eigenvalue weighted by Gasteiger charge is 2.39. The molecule has 0 bridgehead atoms. The van der Waals surface area contributed by atoms with Crippen molar-refractivity contribution in [2.75, 3.05) is 6.54 Å². The zero-order chi connectivity index (χ0) is 17.4. The summed E-state index contributed by atoms with van der Waals surface area (Å²) in [5.41, 5.74) is 1.48. The zero-order valence-electron chi connectivity index (χ0n) is 14.0. The van der Waals surface area contributed by atoms with Gasteiger partial charge in [-0.05, 0) is 36.0 Å². The Morgan fingerprint density at radius 3 is 2.83 bits per heavy atom. The van der Waals surface area contributed by atoms with Gasteiger partial charge in [-0.15, -0.1) is 0 Å². The van der Waals surface area contributed by atoms with E-state index in [-0.39, 0.29) is 42.6 Å². The summed E-state index contributed by atoms with van der Waals surface area (Å²) in [6, 6.07) is 4.02. The molecule has 0 radical (unpaired) electrons. The fourth-order valence-corrected chi connectivity index (χ4v) is 3.86. The fraction of sp³-hybridized carbons (Fsp3) is 0.556. The highest BCUT2D eigenvalue weighted by Crippen LogP contribution is 2.35. The zero-order valence-corrected chi connectivity index (χ0v) is 14.0. The van der Waals surface area contributed by atoms with E-state index in [1.807, 2.05) is 13.0 Å². The maximum absolute atomic E-state index is 14.0. The summed E-state index contributed by atoms with van der Waals surface area (Å²) < 4.78 is 14.0. The SMILES string of the molecule is CC(=O)N1C[C@@H](O)C[C@@H]1C(=O)N[C@H]1c2cccc(F)c2CC[C@@H]1C. The second kappa shape index (κ2) is 6.51. The van der Waals surface area contributed by atoms with E-state index in [1.165, 1.54) is 17.9 Å². The van der Waals surface area contributed by atoms with Crippen LogP contribution >= 0.6 is 0 Å². The van der Waals surface area contributed by atoms with Crippen molar-refractivity contribution >= 4 is 11.8 Å². The smallest absolute Gasteiger partial charge is 0.243 e. The number of halogens is 1. The van der Waals surface area contributed by atoms with Gasteiger partial charge >= 0.3 is 0 Å². The summed E-state index contributed by atoms with van der Waals surface area (Å²) in [4.78, 5) is 25.8. The van der Waals surface area contributed by atoms with Gasteiger partial charge in [-0.2, -0.15) is 0 Å². The molecule has 1 heterocycles. The van der Waals surface area contributed by atoms with Crippen LogP contribution in [-0.4, -0.2) is 40.5 Å². The Labute approximate surface area is 140 Å². The van der Waals surface area contributed by atoms with E-state index in [4.69, 9.17) is 0 Å². The molecule has 2 amide bonds. The van der Waals surface area contributed by atoms with Crippen LogP contribution in [0, 0.1) is 11.7 Å². The molecule has 130 valence electrons. The van der Waals surface area contributed by atoms with E-state index in [0.717, 1.165) is 12.0 Å². The van der Waals surface area contributed by atoms with Gasteiger partial charge in [-0.3, -0.25) is 9.59 Å². The van der Waals surface area contributed by atoms with Crippen LogP contribution < -0.4 is 5.32 Å². The van der Waals surface area contributed by atoms with Crippen molar-refractivity contribution in [1.82, 2.24) is 10.2 Å². The van der Waals surface area contributed by atoms with Gasteiger partial charge in [-0.25, -0.2) is 4.39 Å². The van der Waals surface area contributed by atoms with Gasteiger partial charge in [-0.1, -0.05) is 19.1 Å². The molecule has 2 N–H and O–H groups in total. The predicted octanol–water partition coefficient (Wildman–Crippen LogP) is 1.55. The fourth-order valence-electron chi connectivity index (χ4n) is 3.86. The summed E-state index contributed by atoms with van der Waals surface area (Å²) in [5.74, 6) is -0.564. The minimum atomic E-state index is -0.682. The first kappa shape index (κ1) is 16.9. The number of rotatable bonds is 2. The lowest BCUT2D eigenvalue weighted by molar-refractivity contribution is -0.137. The highest BCUT2D eigenvalue weighted by molar-refractivity contribution is 5.88. The lowest BCUT2D eigenvalue weighted by Crippen LogP contribution is -2.47. The van der Waals surface area contributed by atoms with Crippen LogP contribution in [-0.2, 0) is 16.0 Å². The van der Waals surface area contributed by atoms with Crippen LogP contribution in [0.15, 0.2) is 18.2 Å². The topological polar surface area (TPSA) is 69.6 Å². The molecule has 1 aliphatic carbocycles. The molecule has 5 nitrogen and oxygen atoms in total. The van der Waals surface area contributed by atoms with E-state index < -0.39 is 12.1 Å². The lowest BCUT2D eigenvalue weighted by Gasteiger charge is -2.34. The molecule has 6 heteroatoms. The molecule has 0 unspecified atom stereocenters. The maximum Gasteiger partial charge on any atom is 0.243 e. The quantitative estimate of drug-likeness (QED) is 0.862. The summed E-state index contributed by atoms with van der Waals surface area (Å²) >= 11 is 0. The lowest BCUT2D eigenvalue weighted by atomic mass is 9.80. The van der Waals surface area contributed by atoms with Gasteiger partial charge in [0.05, 0.1) is 12.1 Å². The van der Waals surface area contributed by atoms with Gasteiger partial charge < -0.3 is 15.3 Å². The van der Waals surface area contributed by atoms with Crippen LogP contribution in [0.2, 0.25) is 0 Å². The van der Waals surface area contributed by atoms with Crippen molar-refractivity contribution in [3.8, 4) is 0 Å². The predicted molar refractivity (Wildman–Crippen MR) is 86.6 cm³/mol.